The molecule has 18 heteroatoms. The average Bonchev–Trinajstić information content (AvgIpc) is 3.37. The molecule has 0 unspecified atom stereocenters. The zero-order chi connectivity index (χ0) is 33.5. The summed E-state index contributed by atoms with van der Waals surface area (Å²) < 4.78 is 81.7. The van der Waals surface area contributed by atoms with Crippen molar-refractivity contribution in [2.75, 3.05) is 30.1 Å². The maximum atomic E-state index is 13.5. The van der Waals surface area contributed by atoms with Gasteiger partial charge in [-0.2, -0.15) is 13.2 Å². The fourth-order valence-electron chi connectivity index (χ4n) is 3.58. The van der Waals surface area contributed by atoms with E-state index in [2.05, 4.69) is 10.6 Å². The van der Waals surface area contributed by atoms with Crippen molar-refractivity contribution < 1.29 is 39.9 Å². The van der Waals surface area contributed by atoms with Crippen LogP contribution in [0.15, 0.2) is 62.5 Å². The van der Waals surface area contributed by atoms with Crippen LogP contribution in [-0.2, 0) is 24.5 Å². The molecule has 0 saturated carbocycles. The lowest BCUT2D eigenvalue weighted by Gasteiger charge is -2.13. The van der Waals surface area contributed by atoms with Gasteiger partial charge in [-0.3, -0.25) is 10.8 Å². The molecule has 240 valence electrons. The molecule has 0 atom stereocenters. The summed E-state index contributed by atoms with van der Waals surface area (Å²) >= 11 is 2.49. The number of thioether (sulfide) groups is 1. The maximum Gasteiger partial charge on any atom is 0.490 e. The first-order chi connectivity index (χ1) is 20.3. The molecule has 3 aromatic rings. The highest BCUT2D eigenvalue weighted by atomic mass is 32.2. The van der Waals surface area contributed by atoms with Crippen LogP contribution in [0.1, 0.15) is 16.9 Å². The number of nitrogens with two attached hydrogens (primary N) is 1. The number of carbonyl (C=O) groups is 1. The fourth-order valence-corrected chi connectivity index (χ4v) is 8.15. The molecule has 0 bridgehead atoms. The van der Waals surface area contributed by atoms with Crippen LogP contribution in [0.4, 0.5) is 18.9 Å². The first-order valence-electron chi connectivity index (χ1n) is 12.3. The minimum absolute atomic E-state index is 0.0543. The quantitative estimate of drug-likeness (QED) is 0.0756. The molecule has 0 aliphatic rings. The second kappa shape index (κ2) is 14.9. The Kier molecular flexibility index (Phi) is 12.4. The van der Waals surface area contributed by atoms with Gasteiger partial charge in [0, 0.05) is 18.5 Å². The fraction of sp³-hybridized carbons (Fsp3) is 0.269. The molecule has 2 aromatic carbocycles. The Hall–Kier alpha value is -3.61. The Morgan fingerprint density at radius 2 is 1.73 bits per heavy atom. The molecule has 0 aliphatic carbocycles. The van der Waals surface area contributed by atoms with E-state index in [1.54, 1.807) is 30.5 Å². The van der Waals surface area contributed by atoms with Gasteiger partial charge in [0.15, 0.2) is 5.96 Å². The maximum absolute atomic E-state index is 13.5. The number of carboxylic acids is 1. The summed E-state index contributed by atoms with van der Waals surface area (Å²) in [6.07, 6.45) is -1.71. The number of alkyl halides is 3. The Morgan fingerprint density at radius 3 is 2.25 bits per heavy atom. The van der Waals surface area contributed by atoms with Gasteiger partial charge < -0.3 is 21.5 Å². The molecule has 0 fully saturated rings. The number of aryl methyl sites for hydroxylation is 1. The number of anilines is 1. The number of carboxylic acid groups (broad SMARTS) is 1. The zero-order valence-electron chi connectivity index (χ0n) is 23.6. The number of nitrogen functional groups attached to an aromatic ring is 1. The van der Waals surface area contributed by atoms with Crippen LogP contribution in [-0.4, -0.2) is 70.7 Å². The number of sulfone groups is 2. The van der Waals surface area contributed by atoms with E-state index in [9.17, 15) is 30.0 Å². The van der Waals surface area contributed by atoms with Gasteiger partial charge in [0.2, 0.25) is 9.84 Å². The lowest BCUT2D eigenvalue weighted by Crippen LogP contribution is -2.31. The first kappa shape index (κ1) is 36.6. The summed E-state index contributed by atoms with van der Waals surface area (Å²) in [4.78, 5) is 9.60. The predicted octanol–water partition coefficient (Wildman–Crippen LogP) is 4.57. The van der Waals surface area contributed by atoms with Gasteiger partial charge >= 0.3 is 12.1 Å². The van der Waals surface area contributed by atoms with Crippen molar-refractivity contribution in [2.24, 2.45) is 5.73 Å². The minimum atomic E-state index is -5.08. The Balaban J connectivity index is 0.000000860. The molecule has 7 N–H and O–H groups in total. The van der Waals surface area contributed by atoms with E-state index < -0.39 is 31.8 Å². The number of rotatable bonds is 10. The van der Waals surface area contributed by atoms with E-state index >= 15 is 0 Å². The third kappa shape index (κ3) is 10.5. The number of thiophene rings is 1. The molecule has 1 aromatic heterocycles. The summed E-state index contributed by atoms with van der Waals surface area (Å²) in [5, 5.41) is 28.6. The van der Waals surface area contributed by atoms with Crippen molar-refractivity contribution in [1.29, 1.82) is 10.8 Å². The second-order valence-corrected chi connectivity index (χ2v) is 15.5. The van der Waals surface area contributed by atoms with Crippen molar-refractivity contribution in [3.63, 3.8) is 0 Å². The first-order valence-corrected chi connectivity index (χ1v) is 17.9. The highest BCUT2D eigenvalue weighted by molar-refractivity contribution is 8.01. The SMILES string of the molecule is CSc1sc(C(=N)N)cc1S(=O)(=O)c1cccc(-c2ccc(NC(=N)NCCCS(C)(=O)=O)cc2C)c1.O=C(O)C(F)(F)F. The van der Waals surface area contributed by atoms with Crippen molar-refractivity contribution in [3.8, 4) is 11.1 Å². The van der Waals surface area contributed by atoms with Gasteiger partial charge in [-0.1, -0.05) is 18.2 Å². The summed E-state index contributed by atoms with van der Waals surface area (Å²) in [5.74, 6) is -2.82. The van der Waals surface area contributed by atoms with Crippen LogP contribution in [0.3, 0.4) is 0 Å². The number of guanidine groups is 1. The third-order valence-electron chi connectivity index (χ3n) is 5.59. The number of nitrogens with one attached hydrogen (secondary N) is 4. The molecule has 0 aliphatic heterocycles. The van der Waals surface area contributed by atoms with E-state index in [1.165, 1.54) is 35.4 Å². The lowest BCUT2D eigenvalue weighted by molar-refractivity contribution is -0.192. The summed E-state index contributed by atoms with van der Waals surface area (Å²) in [6, 6.07) is 13.7. The van der Waals surface area contributed by atoms with E-state index in [0.29, 0.717) is 27.7 Å². The average molecular weight is 694 g/mol. The predicted molar refractivity (Wildman–Crippen MR) is 167 cm³/mol. The van der Waals surface area contributed by atoms with Gasteiger partial charge in [-0.15, -0.1) is 23.1 Å². The number of aliphatic carboxylic acids is 1. The van der Waals surface area contributed by atoms with Crippen LogP contribution in [0.5, 0.6) is 0 Å². The Morgan fingerprint density at radius 1 is 1.09 bits per heavy atom. The van der Waals surface area contributed by atoms with Crippen LogP contribution >= 0.6 is 23.1 Å². The normalized spacial score (nSPS) is 11.7. The lowest BCUT2D eigenvalue weighted by atomic mass is 10.00. The molecule has 0 radical (unpaired) electrons. The topological polar surface area (TPSA) is 203 Å². The zero-order valence-corrected chi connectivity index (χ0v) is 26.8. The van der Waals surface area contributed by atoms with Gasteiger partial charge in [0.05, 0.1) is 24.6 Å². The molecule has 11 nitrogen and oxygen atoms in total. The Labute approximate surface area is 260 Å². The van der Waals surface area contributed by atoms with Crippen molar-refractivity contribution in [1.82, 2.24) is 5.32 Å². The summed E-state index contributed by atoms with van der Waals surface area (Å²) in [7, 11) is -6.87. The minimum Gasteiger partial charge on any atom is -0.475 e. The molecular weight excluding hydrogens is 664 g/mol. The van der Waals surface area contributed by atoms with Gasteiger partial charge in [-0.25, -0.2) is 21.6 Å². The molecule has 3 rings (SSSR count). The molecule has 0 saturated heterocycles. The molecule has 0 amide bonds. The standard InChI is InChI=1S/C24H29N5O4S4.C2HF3O2/c1-15-12-17(29-24(27)28-10-5-11-36(3,30)31)8-9-19(15)16-6-4-7-18(13-16)37(32,33)21-14-20(22(25)26)35-23(21)34-2;3-2(4,5)1(6)7/h4,6-9,12-14H,5,10-11H2,1-3H3,(H3,25,26)(H3,27,28,29);(H,6,7). The van der Waals surface area contributed by atoms with Crippen LogP contribution in [0.2, 0.25) is 0 Å². The molecular formula is C26H30F3N5O6S4. The van der Waals surface area contributed by atoms with Crippen molar-refractivity contribution >= 4 is 66.2 Å². The largest absolute Gasteiger partial charge is 0.490 e. The molecule has 1 heterocycles. The van der Waals surface area contributed by atoms with Gasteiger partial charge in [-0.05, 0) is 66.6 Å². The number of benzene rings is 2. The number of hydrogen-bond acceptors (Lipinski definition) is 9. The van der Waals surface area contributed by atoms with Crippen LogP contribution < -0.4 is 16.4 Å². The molecule has 0 spiro atoms. The van der Waals surface area contributed by atoms with Crippen LogP contribution in [0.25, 0.3) is 11.1 Å². The second-order valence-electron chi connectivity index (χ2n) is 9.15. The van der Waals surface area contributed by atoms with Gasteiger partial charge in [0.1, 0.15) is 15.7 Å². The number of hydrogen-bond donors (Lipinski definition) is 6. The number of halogens is 3. The Bertz CT molecular complexity index is 1760. The van der Waals surface area contributed by atoms with Crippen molar-refractivity contribution in [2.45, 2.75) is 33.5 Å². The number of amidine groups is 1. The van der Waals surface area contributed by atoms with E-state index in [0.717, 1.165) is 16.7 Å². The monoisotopic (exact) mass is 693 g/mol. The van der Waals surface area contributed by atoms with E-state index in [1.807, 2.05) is 25.1 Å². The van der Waals surface area contributed by atoms with Gasteiger partial charge in [0.25, 0.3) is 0 Å². The smallest absolute Gasteiger partial charge is 0.475 e. The van der Waals surface area contributed by atoms with E-state index in [4.69, 9.17) is 26.5 Å². The van der Waals surface area contributed by atoms with E-state index in [-0.39, 0.29) is 27.3 Å². The highest BCUT2D eigenvalue weighted by Crippen LogP contribution is 2.38. The third-order valence-corrected chi connectivity index (χ3v) is 11.0. The summed E-state index contributed by atoms with van der Waals surface area (Å²) in [6.45, 7) is 2.25. The highest BCUT2D eigenvalue weighted by Gasteiger charge is 2.38. The molecule has 44 heavy (non-hydrogen) atoms. The van der Waals surface area contributed by atoms with Crippen LogP contribution in [0, 0.1) is 17.7 Å². The van der Waals surface area contributed by atoms with Crippen molar-refractivity contribution in [3.05, 3.63) is 59.0 Å². The summed E-state index contributed by atoms with van der Waals surface area (Å²) in [5.41, 5.74) is 8.70.